The van der Waals surface area contributed by atoms with Gasteiger partial charge in [-0.05, 0) is 24.6 Å². The van der Waals surface area contributed by atoms with Gasteiger partial charge in [-0.25, -0.2) is 4.79 Å². The number of carboxylic acid groups (broad SMARTS) is 1. The van der Waals surface area contributed by atoms with E-state index in [0.29, 0.717) is 23.7 Å². The number of nitrogens with two attached hydrogens (primary N) is 1. The number of nitrogens with one attached hydrogen (secondary N) is 1. The average Bonchev–Trinajstić information content (AvgIpc) is 2.25. The Balaban J connectivity index is 2.54. The first kappa shape index (κ1) is 13.5. The summed E-state index contributed by atoms with van der Waals surface area (Å²) in [6.45, 7) is 0.663. The monoisotopic (exact) mass is 256 g/mol. The van der Waals surface area contributed by atoms with Crippen LogP contribution in [-0.2, 0) is 10.8 Å². The highest BCUT2D eigenvalue weighted by molar-refractivity contribution is 7.84. The molecule has 17 heavy (non-hydrogen) atoms. The number of anilines is 2. The minimum atomic E-state index is -0.996. The lowest BCUT2D eigenvalue weighted by molar-refractivity contribution is 0.0697. The third kappa shape index (κ3) is 4.44. The number of rotatable bonds is 6. The molecule has 0 spiro atoms. The Bertz CT molecular complexity index is 435. The van der Waals surface area contributed by atoms with Gasteiger partial charge in [0.1, 0.15) is 0 Å². The number of carbonyl (C=O) groups is 1. The highest BCUT2D eigenvalue weighted by Gasteiger charge is 2.05. The summed E-state index contributed by atoms with van der Waals surface area (Å²) < 4.78 is 10.8. The maximum absolute atomic E-state index is 10.8. The molecule has 0 aliphatic rings. The molecule has 0 saturated carbocycles. The van der Waals surface area contributed by atoms with Gasteiger partial charge in [-0.15, -0.1) is 0 Å². The fourth-order valence-electron chi connectivity index (χ4n) is 1.36. The molecule has 94 valence electrons. The van der Waals surface area contributed by atoms with Crippen LogP contribution in [0.1, 0.15) is 16.8 Å². The number of hydrogen-bond donors (Lipinski definition) is 3. The topological polar surface area (TPSA) is 92.4 Å². The molecule has 6 heteroatoms. The van der Waals surface area contributed by atoms with Gasteiger partial charge < -0.3 is 16.2 Å². The molecule has 0 fully saturated rings. The molecule has 0 aromatic heterocycles. The summed E-state index contributed by atoms with van der Waals surface area (Å²) in [5.41, 5.74) is 7.00. The normalized spacial score (nSPS) is 12.1. The van der Waals surface area contributed by atoms with Gasteiger partial charge in [0.05, 0.1) is 16.9 Å². The zero-order valence-electron chi connectivity index (χ0n) is 9.60. The summed E-state index contributed by atoms with van der Waals surface area (Å²) in [6.07, 6.45) is 2.44. The molecule has 4 N–H and O–H groups in total. The molecule has 1 aromatic carbocycles. The van der Waals surface area contributed by atoms with E-state index in [0.717, 1.165) is 6.42 Å². The lowest BCUT2D eigenvalue weighted by atomic mass is 10.1. The van der Waals surface area contributed by atoms with Crippen molar-refractivity contribution < 1.29 is 14.1 Å². The van der Waals surface area contributed by atoms with E-state index in [1.807, 2.05) is 0 Å². The fourth-order valence-corrected chi connectivity index (χ4v) is 1.91. The van der Waals surface area contributed by atoms with Crippen molar-refractivity contribution in [3.05, 3.63) is 23.8 Å². The van der Waals surface area contributed by atoms with Crippen molar-refractivity contribution in [2.24, 2.45) is 0 Å². The molecule has 0 radical (unpaired) electrons. The van der Waals surface area contributed by atoms with Crippen LogP contribution in [0.4, 0.5) is 11.4 Å². The van der Waals surface area contributed by atoms with Crippen LogP contribution in [0.3, 0.4) is 0 Å². The molecule has 5 nitrogen and oxygen atoms in total. The van der Waals surface area contributed by atoms with Crippen LogP contribution in [0.5, 0.6) is 0 Å². The van der Waals surface area contributed by atoms with Crippen LogP contribution < -0.4 is 11.1 Å². The Kier molecular flexibility index (Phi) is 4.96. The van der Waals surface area contributed by atoms with E-state index >= 15 is 0 Å². The van der Waals surface area contributed by atoms with Gasteiger partial charge in [0, 0.05) is 29.4 Å². The van der Waals surface area contributed by atoms with Crippen molar-refractivity contribution in [1.82, 2.24) is 0 Å². The molecule has 1 unspecified atom stereocenters. The third-order valence-corrected chi connectivity index (χ3v) is 3.09. The van der Waals surface area contributed by atoms with Gasteiger partial charge >= 0.3 is 5.97 Å². The highest BCUT2D eigenvalue weighted by Crippen LogP contribution is 2.19. The molecule has 0 bridgehead atoms. The minimum Gasteiger partial charge on any atom is -0.478 e. The lowest BCUT2D eigenvalue weighted by Crippen LogP contribution is -2.08. The van der Waals surface area contributed by atoms with Crippen LogP contribution in [0.25, 0.3) is 0 Å². The van der Waals surface area contributed by atoms with Crippen molar-refractivity contribution in [2.45, 2.75) is 6.42 Å². The van der Waals surface area contributed by atoms with Crippen molar-refractivity contribution in [2.75, 3.05) is 29.6 Å². The summed E-state index contributed by atoms with van der Waals surface area (Å²) in [5.74, 6) is -0.357. The molecule has 1 aromatic rings. The maximum Gasteiger partial charge on any atom is 0.335 e. The van der Waals surface area contributed by atoms with Crippen molar-refractivity contribution in [3.63, 3.8) is 0 Å². The average molecular weight is 256 g/mol. The summed E-state index contributed by atoms with van der Waals surface area (Å²) >= 11 is 0. The van der Waals surface area contributed by atoms with E-state index in [2.05, 4.69) is 5.32 Å². The molecule has 0 aliphatic heterocycles. The van der Waals surface area contributed by atoms with Gasteiger partial charge in [0.2, 0.25) is 0 Å². The van der Waals surface area contributed by atoms with E-state index in [1.165, 1.54) is 12.1 Å². The highest BCUT2D eigenvalue weighted by atomic mass is 32.2. The smallest absolute Gasteiger partial charge is 0.335 e. The molecule has 0 amide bonds. The Hall–Kier alpha value is -1.56. The molecule has 0 saturated heterocycles. The van der Waals surface area contributed by atoms with Gasteiger partial charge in [0.15, 0.2) is 0 Å². The van der Waals surface area contributed by atoms with E-state index in [1.54, 1.807) is 12.3 Å². The zero-order chi connectivity index (χ0) is 12.8. The molecule has 0 aliphatic carbocycles. The Morgan fingerprint density at radius 1 is 1.53 bits per heavy atom. The minimum absolute atomic E-state index is 0.169. The van der Waals surface area contributed by atoms with E-state index in [-0.39, 0.29) is 5.56 Å². The van der Waals surface area contributed by atoms with Gasteiger partial charge in [-0.2, -0.15) is 0 Å². The second-order valence-electron chi connectivity index (χ2n) is 3.66. The summed E-state index contributed by atoms with van der Waals surface area (Å²) in [6, 6.07) is 4.56. The predicted molar refractivity (Wildman–Crippen MR) is 69.9 cm³/mol. The standard InChI is InChI=1S/C11H16N2O3S/c1-17(16)6-2-5-13-10-4-3-8(11(14)15)7-9(10)12/h3-4,7,13H,2,5-6,12H2,1H3,(H,14,15). The van der Waals surface area contributed by atoms with Crippen LogP contribution in [0.2, 0.25) is 0 Å². The predicted octanol–water partition coefficient (Wildman–Crippen LogP) is 1.15. The van der Waals surface area contributed by atoms with Crippen molar-refractivity contribution >= 4 is 28.1 Å². The first-order valence-electron chi connectivity index (χ1n) is 5.17. The molecular weight excluding hydrogens is 240 g/mol. The largest absolute Gasteiger partial charge is 0.478 e. The molecule has 1 atom stereocenters. The van der Waals surface area contributed by atoms with Crippen molar-refractivity contribution in [1.29, 1.82) is 0 Å². The number of carboxylic acids is 1. The number of nitrogen functional groups attached to an aromatic ring is 1. The quantitative estimate of drug-likeness (QED) is 0.524. The van der Waals surface area contributed by atoms with E-state index in [4.69, 9.17) is 10.8 Å². The van der Waals surface area contributed by atoms with Crippen molar-refractivity contribution in [3.8, 4) is 0 Å². The molecular formula is C11H16N2O3S. The third-order valence-electron chi connectivity index (χ3n) is 2.22. The Morgan fingerprint density at radius 2 is 2.24 bits per heavy atom. The van der Waals surface area contributed by atoms with Gasteiger partial charge in [-0.1, -0.05) is 0 Å². The van der Waals surface area contributed by atoms with E-state index in [9.17, 15) is 9.00 Å². The fraction of sp³-hybridized carbons (Fsp3) is 0.364. The first-order valence-corrected chi connectivity index (χ1v) is 6.90. The Labute approximate surface area is 102 Å². The molecule has 1 rings (SSSR count). The Morgan fingerprint density at radius 3 is 2.76 bits per heavy atom. The maximum atomic E-state index is 10.8. The van der Waals surface area contributed by atoms with Crippen LogP contribution >= 0.6 is 0 Å². The van der Waals surface area contributed by atoms with Crippen LogP contribution in [0.15, 0.2) is 18.2 Å². The summed E-state index contributed by atoms with van der Waals surface area (Å²) in [7, 11) is -0.788. The second kappa shape index (κ2) is 6.24. The van der Waals surface area contributed by atoms with Gasteiger partial charge in [-0.3, -0.25) is 4.21 Å². The van der Waals surface area contributed by atoms with Gasteiger partial charge in [0.25, 0.3) is 0 Å². The first-order chi connectivity index (χ1) is 8.00. The van der Waals surface area contributed by atoms with Crippen LogP contribution in [0, 0.1) is 0 Å². The number of benzene rings is 1. The van der Waals surface area contributed by atoms with Crippen LogP contribution in [-0.4, -0.2) is 33.8 Å². The number of hydrogen-bond acceptors (Lipinski definition) is 4. The molecule has 0 heterocycles. The zero-order valence-corrected chi connectivity index (χ0v) is 10.4. The summed E-state index contributed by atoms with van der Waals surface area (Å²) in [4.78, 5) is 10.7. The number of aromatic carboxylic acids is 1. The van der Waals surface area contributed by atoms with E-state index < -0.39 is 16.8 Å². The second-order valence-corrected chi connectivity index (χ2v) is 5.22. The SMILES string of the molecule is CS(=O)CCCNc1ccc(C(=O)O)cc1N. The summed E-state index contributed by atoms with van der Waals surface area (Å²) in [5, 5.41) is 11.8. The lowest BCUT2D eigenvalue weighted by Gasteiger charge is -2.09.